The summed E-state index contributed by atoms with van der Waals surface area (Å²) in [4.78, 5) is 0. The Labute approximate surface area is 61.9 Å². The van der Waals surface area contributed by atoms with Crippen molar-refractivity contribution >= 4 is 0 Å². The Morgan fingerprint density at radius 3 is 2.40 bits per heavy atom. The lowest BCUT2D eigenvalue weighted by molar-refractivity contribution is 0.169. The van der Waals surface area contributed by atoms with Gasteiger partial charge in [0.15, 0.2) is 0 Å². The molecule has 1 aliphatic rings. The second kappa shape index (κ2) is 3.94. The fourth-order valence-corrected chi connectivity index (χ4v) is 1.90. The molecular formula is C8H16O2. The van der Waals surface area contributed by atoms with Crippen LogP contribution in [0, 0.1) is 11.8 Å². The predicted octanol–water partition coefficient (Wildman–Crippen LogP) is 0.777. The molecule has 0 aromatic carbocycles. The van der Waals surface area contributed by atoms with E-state index in [0.29, 0.717) is 18.4 Å². The van der Waals surface area contributed by atoms with Crippen molar-refractivity contribution in [2.75, 3.05) is 13.2 Å². The van der Waals surface area contributed by atoms with E-state index in [0.717, 1.165) is 12.8 Å². The van der Waals surface area contributed by atoms with Gasteiger partial charge in [-0.15, -0.1) is 0 Å². The van der Waals surface area contributed by atoms with Crippen LogP contribution in [0.5, 0.6) is 0 Å². The van der Waals surface area contributed by atoms with Crippen LogP contribution in [0.15, 0.2) is 0 Å². The van der Waals surface area contributed by atoms with E-state index in [1.165, 1.54) is 12.8 Å². The maximum atomic E-state index is 8.88. The Morgan fingerprint density at radius 2 is 1.80 bits per heavy atom. The number of hydrogen-bond acceptors (Lipinski definition) is 2. The number of aliphatic hydroxyl groups is 2. The van der Waals surface area contributed by atoms with Gasteiger partial charge in [-0.25, -0.2) is 0 Å². The lowest BCUT2D eigenvalue weighted by Gasteiger charge is -2.14. The third-order valence-electron chi connectivity index (χ3n) is 2.55. The van der Waals surface area contributed by atoms with Gasteiger partial charge in [-0.3, -0.25) is 0 Å². The van der Waals surface area contributed by atoms with E-state index >= 15 is 0 Å². The molecule has 1 rings (SSSR count). The van der Waals surface area contributed by atoms with Crippen molar-refractivity contribution in [2.24, 2.45) is 11.8 Å². The number of rotatable bonds is 3. The fraction of sp³-hybridized carbons (Fsp3) is 1.00. The highest BCUT2D eigenvalue weighted by molar-refractivity contribution is 4.76. The smallest absolute Gasteiger partial charge is 0.0461 e. The number of aliphatic hydroxyl groups excluding tert-OH is 2. The Morgan fingerprint density at radius 1 is 1.10 bits per heavy atom. The Balaban J connectivity index is 2.27. The molecule has 60 valence electrons. The average Bonchev–Trinajstić information content (AvgIpc) is 2.36. The molecule has 0 aliphatic heterocycles. The predicted molar refractivity (Wildman–Crippen MR) is 39.6 cm³/mol. The highest BCUT2D eigenvalue weighted by Crippen LogP contribution is 2.33. The zero-order valence-corrected chi connectivity index (χ0v) is 6.29. The van der Waals surface area contributed by atoms with Crippen LogP contribution < -0.4 is 0 Å². The zero-order valence-electron chi connectivity index (χ0n) is 6.29. The largest absolute Gasteiger partial charge is 0.396 e. The highest BCUT2D eigenvalue weighted by atomic mass is 16.3. The topological polar surface area (TPSA) is 40.5 Å². The van der Waals surface area contributed by atoms with E-state index in [4.69, 9.17) is 10.2 Å². The third-order valence-corrected chi connectivity index (χ3v) is 2.55. The molecule has 0 saturated heterocycles. The molecule has 0 aromatic heterocycles. The maximum Gasteiger partial charge on any atom is 0.0461 e. The van der Waals surface area contributed by atoms with Gasteiger partial charge in [0.05, 0.1) is 0 Å². The summed E-state index contributed by atoms with van der Waals surface area (Å²) >= 11 is 0. The van der Waals surface area contributed by atoms with Gasteiger partial charge in [0.2, 0.25) is 0 Å². The molecule has 0 amide bonds. The standard InChI is InChI=1S/C8H16O2/c9-5-4-7-2-1-3-8(7)6-10/h7-10H,1-6H2/t7-,8+/m1/s1. The average molecular weight is 144 g/mol. The van der Waals surface area contributed by atoms with E-state index in [1.807, 2.05) is 0 Å². The van der Waals surface area contributed by atoms with E-state index in [-0.39, 0.29) is 6.61 Å². The maximum absolute atomic E-state index is 8.88. The second-order valence-corrected chi connectivity index (χ2v) is 3.15. The summed E-state index contributed by atoms with van der Waals surface area (Å²) in [7, 11) is 0. The number of hydrogen-bond donors (Lipinski definition) is 2. The zero-order chi connectivity index (χ0) is 7.40. The van der Waals surface area contributed by atoms with Gasteiger partial charge < -0.3 is 10.2 Å². The van der Waals surface area contributed by atoms with E-state index in [9.17, 15) is 0 Å². The first-order chi connectivity index (χ1) is 4.88. The van der Waals surface area contributed by atoms with E-state index < -0.39 is 0 Å². The quantitative estimate of drug-likeness (QED) is 0.614. The summed E-state index contributed by atoms with van der Waals surface area (Å²) in [5, 5.41) is 17.5. The van der Waals surface area contributed by atoms with E-state index in [2.05, 4.69) is 0 Å². The molecule has 1 saturated carbocycles. The molecule has 0 aromatic rings. The van der Waals surface area contributed by atoms with Crippen LogP contribution in [0.2, 0.25) is 0 Å². The molecule has 0 heterocycles. The summed E-state index contributed by atoms with van der Waals surface area (Å²) in [6, 6.07) is 0. The highest BCUT2D eigenvalue weighted by Gasteiger charge is 2.25. The minimum absolute atomic E-state index is 0.279. The minimum atomic E-state index is 0.279. The Kier molecular flexibility index (Phi) is 3.16. The first-order valence-electron chi connectivity index (χ1n) is 4.10. The second-order valence-electron chi connectivity index (χ2n) is 3.15. The summed E-state index contributed by atoms with van der Waals surface area (Å²) in [6.45, 7) is 0.589. The molecular weight excluding hydrogens is 128 g/mol. The first kappa shape index (κ1) is 8.02. The van der Waals surface area contributed by atoms with Gasteiger partial charge in [-0.05, 0) is 24.7 Å². The van der Waals surface area contributed by atoms with E-state index in [1.54, 1.807) is 0 Å². The molecule has 0 unspecified atom stereocenters. The van der Waals surface area contributed by atoms with Crippen molar-refractivity contribution in [1.82, 2.24) is 0 Å². The van der Waals surface area contributed by atoms with Crippen molar-refractivity contribution in [3.63, 3.8) is 0 Å². The molecule has 10 heavy (non-hydrogen) atoms. The summed E-state index contributed by atoms with van der Waals surface area (Å²) < 4.78 is 0. The molecule has 2 N–H and O–H groups in total. The molecule has 0 radical (unpaired) electrons. The van der Waals surface area contributed by atoms with Gasteiger partial charge in [0, 0.05) is 13.2 Å². The van der Waals surface area contributed by atoms with Crippen LogP contribution in [-0.2, 0) is 0 Å². The lowest BCUT2D eigenvalue weighted by atomic mass is 9.94. The first-order valence-corrected chi connectivity index (χ1v) is 4.10. The van der Waals surface area contributed by atoms with Gasteiger partial charge in [0.25, 0.3) is 0 Å². The van der Waals surface area contributed by atoms with Gasteiger partial charge in [-0.2, -0.15) is 0 Å². The van der Waals surface area contributed by atoms with Crippen LogP contribution in [0.3, 0.4) is 0 Å². The van der Waals surface area contributed by atoms with Gasteiger partial charge in [-0.1, -0.05) is 12.8 Å². The Bertz CT molecular complexity index is 93.3. The van der Waals surface area contributed by atoms with Crippen molar-refractivity contribution in [3.05, 3.63) is 0 Å². The molecule has 0 spiro atoms. The molecule has 2 nitrogen and oxygen atoms in total. The van der Waals surface area contributed by atoms with Crippen molar-refractivity contribution in [3.8, 4) is 0 Å². The molecule has 2 heteroatoms. The van der Waals surface area contributed by atoms with Gasteiger partial charge in [0.1, 0.15) is 0 Å². The van der Waals surface area contributed by atoms with Crippen LogP contribution >= 0.6 is 0 Å². The fourth-order valence-electron chi connectivity index (χ4n) is 1.90. The molecule has 2 atom stereocenters. The summed E-state index contributed by atoms with van der Waals surface area (Å²) in [6.07, 6.45) is 4.47. The molecule has 0 bridgehead atoms. The van der Waals surface area contributed by atoms with Crippen LogP contribution in [-0.4, -0.2) is 23.4 Å². The summed E-state index contributed by atoms with van der Waals surface area (Å²) in [5.74, 6) is 1.07. The van der Waals surface area contributed by atoms with Crippen molar-refractivity contribution in [1.29, 1.82) is 0 Å². The Hall–Kier alpha value is -0.0800. The monoisotopic (exact) mass is 144 g/mol. The third kappa shape index (κ3) is 1.70. The SMILES string of the molecule is OCC[C@H]1CCC[C@H]1CO. The van der Waals surface area contributed by atoms with Crippen LogP contribution in [0.4, 0.5) is 0 Å². The van der Waals surface area contributed by atoms with Gasteiger partial charge >= 0.3 is 0 Å². The molecule has 1 fully saturated rings. The minimum Gasteiger partial charge on any atom is -0.396 e. The molecule has 1 aliphatic carbocycles. The van der Waals surface area contributed by atoms with Crippen LogP contribution in [0.25, 0.3) is 0 Å². The summed E-state index contributed by atoms with van der Waals surface area (Å²) in [5.41, 5.74) is 0. The normalized spacial score (nSPS) is 33.0. The van der Waals surface area contributed by atoms with Crippen molar-refractivity contribution < 1.29 is 10.2 Å². The van der Waals surface area contributed by atoms with Crippen LogP contribution in [0.1, 0.15) is 25.7 Å². The van der Waals surface area contributed by atoms with Crippen molar-refractivity contribution in [2.45, 2.75) is 25.7 Å². The lowest BCUT2D eigenvalue weighted by Crippen LogP contribution is -2.13.